The fraction of sp³-hybridized carbons (Fsp3) is 0.600. The number of rotatable bonds is 4. The quantitative estimate of drug-likeness (QED) is 0.198. The second kappa shape index (κ2) is 5.60. The largest absolute Gasteiger partial charge is 0.478 e. The lowest BCUT2D eigenvalue weighted by atomic mass is 10.6. The van der Waals surface area contributed by atoms with E-state index in [1.807, 2.05) is 0 Å². The number of aliphatic hydroxyl groups excluding tert-OH is 1. The molecule has 0 saturated heterocycles. The molecular formula is C5H10INO3. The van der Waals surface area contributed by atoms with Gasteiger partial charge in [-0.2, -0.15) is 4.89 Å². The highest BCUT2D eigenvalue weighted by atomic mass is 127. The summed E-state index contributed by atoms with van der Waals surface area (Å²) in [5.74, 6) is -0.371. The van der Waals surface area contributed by atoms with Gasteiger partial charge in [-0.1, -0.05) is 22.6 Å². The molecule has 0 aromatic carbocycles. The van der Waals surface area contributed by atoms with Crippen LogP contribution in [0.25, 0.3) is 0 Å². The van der Waals surface area contributed by atoms with E-state index in [4.69, 9.17) is 10.8 Å². The summed E-state index contributed by atoms with van der Waals surface area (Å²) >= 11 is 2.12. The Balaban J connectivity index is 3.40. The van der Waals surface area contributed by atoms with E-state index >= 15 is 0 Å². The Labute approximate surface area is 73.1 Å². The van der Waals surface area contributed by atoms with Gasteiger partial charge in [0.2, 0.25) is 0 Å². The Morgan fingerprint density at radius 2 is 2.30 bits per heavy atom. The predicted molar refractivity (Wildman–Crippen MR) is 45.4 cm³/mol. The van der Waals surface area contributed by atoms with Crippen LogP contribution in [-0.4, -0.2) is 16.1 Å². The number of aliphatic hydroxyl groups is 1. The third-order valence-electron chi connectivity index (χ3n) is 0.636. The number of allylic oxidation sites excluding steroid dienone is 1. The van der Waals surface area contributed by atoms with Crippen LogP contribution in [-0.2, 0) is 9.78 Å². The summed E-state index contributed by atoms with van der Waals surface area (Å²) in [6.07, 6.45) is 0. The van der Waals surface area contributed by atoms with Crippen molar-refractivity contribution in [3.8, 4) is 0 Å². The highest BCUT2D eigenvalue weighted by Crippen LogP contribution is 1.96. The van der Waals surface area contributed by atoms with E-state index in [1.165, 1.54) is 6.92 Å². The molecule has 0 amide bonds. The summed E-state index contributed by atoms with van der Waals surface area (Å²) in [4.78, 5) is 8.86. The van der Waals surface area contributed by atoms with Gasteiger partial charge in [0.1, 0.15) is 6.61 Å². The molecule has 0 rings (SSSR count). The minimum Gasteiger partial charge on any atom is -0.478 e. The van der Waals surface area contributed by atoms with Crippen LogP contribution in [0, 0.1) is 0 Å². The summed E-state index contributed by atoms with van der Waals surface area (Å²) in [6, 6.07) is 0. The molecule has 4 nitrogen and oxygen atoms in total. The van der Waals surface area contributed by atoms with E-state index in [-0.39, 0.29) is 11.6 Å². The summed E-state index contributed by atoms with van der Waals surface area (Å²) in [7, 11) is 0. The fourth-order valence-electron chi connectivity index (χ4n) is 0.195. The molecule has 0 radical (unpaired) electrons. The molecule has 0 fully saturated rings. The predicted octanol–water partition coefficient (Wildman–Crippen LogP) is 1.08. The Kier molecular flexibility index (Phi) is 5.51. The molecule has 60 valence electrons. The lowest BCUT2D eigenvalue weighted by Crippen LogP contribution is -2.03. The van der Waals surface area contributed by atoms with Crippen molar-refractivity contribution in [2.75, 3.05) is 11.0 Å². The zero-order valence-corrected chi connectivity index (χ0v) is 7.79. The van der Waals surface area contributed by atoms with Crippen LogP contribution in [0.4, 0.5) is 0 Å². The Morgan fingerprint density at radius 3 is 2.70 bits per heavy atom. The number of hydrogen-bond acceptors (Lipinski definition) is 4. The molecule has 0 saturated carbocycles. The van der Waals surface area contributed by atoms with Crippen LogP contribution in [0.1, 0.15) is 6.92 Å². The van der Waals surface area contributed by atoms with Crippen LogP contribution in [0.2, 0.25) is 0 Å². The van der Waals surface area contributed by atoms with Crippen LogP contribution in [0.3, 0.4) is 0 Å². The number of nitrogens with two attached hydrogens (primary N) is 1. The Morgan fingerprint density at radius 1 is 1.70 bits per heavy atom. The lowest BCUT2D eigenvalue weighted by Gasteiger charge is -2.01. The Hall–Kier alpha value is -0.170. The van der Waals surface area contributed by atoms with Crippen LogP contribution in [0.5, 0.6) is 0 Å². The first kappa shape index (κ1) is 9.83. The van der Waals surface area contributed by atoms with E-state index in [9.17, 15) is 0 Å². The number of halogens is 1. The highest BCUT2D eigenvalue weighted by molar-refractivity contribution is 14.1. The van der Waals surface area contributed by atoms with Gasteiger partial charge in [-0.3, -0.25) is 4.89 Å². The molecule has 0 aliphatic carbocycles. The number of hydrogen-bond donors (Lipinski definition) is 2. The standard InChI is InChI=1S/C5H10INO3/c1-4(7)5(8)10-9-3-2-6/h8H,2-3,7H2,1H3/b5-4+. The molecule has 0 heterocycles. The molecule has 10 heavy (non-hydrogen) atoms. The maximum absolute atomic E-state index is 8.76. The number of alkyl halides is 1. The smallest absolute Gasteiger partial charge is 0.333 e. The maximum Gasteiger partial charge on any atom is 0.333 e. The minimum absolute atomic E-state index is 0.202. The third-order valence-corrected chi connectivity index (χ3v) is 1.08. The average Bonchev–Trinajstić information content (AvgIpc) is 1.88. The SMILES string of the molecule is C/C(N)=C(/O)OOCCI. The van der Waals surface area contributed by atoms with Crippen LogP contribution >= 0.6 is 22.6 Å². The van der Waals surface area contributed by atoms with E-state index in [0.717, 1.165) is 4.43 Å². The van der Waals surface area contributed by atoms with Crippen molar-refractivity contribution in [3.63, 3.8) is 0 Å². The van der Waals surface area contributed by atoms with Gasteiger partial charge >= 0.3 is 5.95 Å². The minimum atomic E-state index is -0.371. The lowest BCUT2D eigenvalue weighted by molar-refractivity contribution is -0.283. The second-order valence-electron chi connectivity index (χ2n) is 1.58. The van der Waals surface area contributed by atoms with Gasteiger partial charge in [0.25, 0.3) is 0 Å². The second-order valence-corrected chi connectivity index (χ2v) is 2.66. The molecule has 0 aliphatic rings. The zero-order chi connectivity index (χ0) is 7.98. The molecule has 0 aromatic heterocycles. The van der Waals surface area contributed by atoms with Crippen LogP contribution in [0.15, 0.2) is 11.6 Å². The van der Waals surface area contributed by atoms with Crippen molar-refractivity contribution in [1.82, 2.24) is 0 Å². The van der Waals surface area contributed by atoms with Gasteiger partial charge in [-0.15, -0.1) is 0 Å². The molecule has 0 aliphatic heterocycles. The van der Waals surface area contributed by atoms with E-state index in [0.29, 0.717) is 6.61 Å². The van der Waals surface area contributed by atoms with Gasteiger partial charge in [0.05, 0.1) is 5.70 Å². The van der Waals surface area contributed by atoms with Crippen molar-refractivity contribution < 1.29 is 14.9 Å². The van der Waals surface area contributed by atoms with Crippen molar-refractivity contribution in [2.24, 2.45) is 5.73 Å². The average molecular weight is 259 g/mol. The highest BCUT2D eigenvalue weighted by Gasteiger charge is 1.96. The van der Waals surface area contributed by atoms with Gasteiger partial charge in [-0.25, -0.2) is 0 Å². The van der Waals surface area contributed by atoms with E-state index < -0.39 is 0 Å². The molecule has 0 aromatic rings. The third kappa shape index (κ3) is 4.68. The van der Waals surface area contributed by atoms with Gasteiger partial charge in [-0.05, 0) is 6.92 Å². The van der Waals surface area contributed by atoms with E-state index in [2.05, 4.69) is 32.4 Å². The van der Waals surface area contributed by atoms with E-state index in [1.54, 1.807) is 0 Å². The molecule has 0 unspecified atom stereocenters. The van der Waals surface area contributed by atoms with Crippen molar-refractivity contribution in [3.05, 3.63) is 11.6 Å². The fourth-order valence-corrected chi connectivity index (χ4v) is 0.374. The Bertz CT molecular complexity index is 122. The normalized spacial score (nSPS) is 12.6. The topological polar surface area (TPSA) is 64.7 Å². The van der Waals surface area contributed by atoms with Crippen LogP contribution < -0.4 is 5.73 Å². The summed E-state index contributed by atoms with van der Waals surface area (Å²) in [5, 5.41) is 8.76. The van der Waals surface area contributed by atoms with Gasteiger partial charge < -0.3 is 10.8 Å². The summed E-state index contributed by atoms with van der Waals surface area (Å²) in [5.41, 5.74) is 5.34. The monoisotopic (exact) mass is 259 g/mol. The summed E-state index contributed by atoms with van der Waals surface area (Å²) in [6.45, 7) is 1.95. The first-order chi connectivity index (χ1) is 4.68. The molecule has 0 spiro atoms. The molecule has 0 atom stereocenters. The molecular weight excluding hydrogens is 249 g/mol. The molecule has 5 heteroatoms. The molecule has 3 N–H and O–H groups in total. The molecule has 0 bridgehead atoms. The summed E-state index contributed by atoms with van der Waals surface area (Å²) < 4.78 is 0.800. The first-order valence-corrected chi connectivity index (χ1v) is 4.21. The zero-order valence-electron chi connectivity index (χ0n) is 5.63. The van der Waals surface area contributed by atoms with Gasteiger partial charge in [0, 0.05) is 4.43 Å². The van der Waals surface area contributed by atoms with Crippen molar-refractivity contribution in [1.29, 1.82) is 0 Å². The maximum atomic E-state index is 8.76. The first-order valence-electron chi connectivity index (χ1n) is 2.69. The van der Waals surface area contributed by atoms with Crippen molar-refractivity contribution >= 4 is 22.6 Å². The van der Waals surface area contributed by atoms with Gasteiger partial charge in [0.15, 0.2) is 0 Å². The van der Waals surface area contributed by atoms with Crippen molar-refractivity contribution in [2.45, 2.75) is 6.92 Å².